The molecule has 186 valence electrons. The van der Waals surface area contributed by atoms with E-state index in [1.807, 2.05) is 12.1 Å². The Morgan fingerprint density at radius 1 is 1.00 bits per heavy atom. The van der Waals surface area contributed by atoms with E-state index >= 15 is 0 Å². The molecule has 0 saturated carbocycles. The second kappa shape index (κ2) is 11.0. The van der Waals surface area contributed by atoms with Crippen molar-refractivity contribution in [3.63, 3.8) is 0 Å². The second-order valence-electron chi connectivity index (χ2n) is 10.5. The molecule has 0 aliphatic carbocycles. The Morgan fingerprint density at radius 3 is 2.43 bits per heavy atom. The van der Waals surface area contributed by atoms with Crippen LogP contribution in [-0.4, -0.2) is 28.7 Å². The summed E-state index contributed by atoms with van der Waals surface area (Å²) in [5.41, 5.74) is 4.32. The Balaban J connectivity index is 1.42. The van der Waals surface area contributed by atoms with E-state index in [4.69, 9.17) is 0 Å². The Morgan fingerprint density at radius 2 is 1.71 bits per heavy atom. The van der Waals surface area contributed by atoms with Gasteiger partial charge in [0.2, 0.25) is 11.8 Å². The van der Waals surface area contributed by atoms with Crippen LogP contribution in [0.2, 0.25) is 0 Å². The first-order valence-corrected chi connectivity index (χ1v) is 13.7. The van der Waals surface area contributed by atoms with Gasteiger partial charge in [-0.1, -0.05) is 58.0 Å². The number of thioether (sulfide) groups is 1. The number of carbonyl (C=O) groups is 3. The molecule has 1 saturated heterocycles. The Hall–Kier alpha value is -2.60. The van der Waals surface area contributed by atoms with Gasteiger partial charge < -0.3 is 4.90 Å². The summed E-state index contributed by atoms with van der Waals surface area (Å²) in [6.45, 7) is 9.70. The molecule has 4 rings (SSSR count). The molecule has 3 amide bonds. The molecule has 35 heavy (non-hydrogen) atoms. The van der Waals surface area contributed by atoms with Crippen molar-refractivity contribution in [2.75, 3.05) is 0 Å². The van der Waals surface area contributed by atoms with Crippen molar-refractivity contribution >= 4 is 29.5 Å². The van der Waals surface area contributed by atoms with Gasteiger partial charge in [-0.05, 0) is 65.8 Å². The molecule has 2 aliphatic heterocycles. The lowest BCUT2D eigenvalue weighted by Gasteiger charge is -2.29. The first-order valence-electron chi connectivity index (χ1n) is 12.7. The number of piperidine rings is 1. The Bertz CT molecular complexity index is 1100. The molecule has 2 aromatic rings. The van der Waals surface area contributed by atoms with E-state index in [0.717, 1.165) is 28.6 Å². The minimum absolute atomic E-state index is 0.121. The SMILES string of the molecule is CC(C)C(CCc1cccc(CSc2cccc3c2CN(C2CCC(=O)NC2=O)C3=O)c1)C(C)C. The van der Waals surface area contributed by atoms with Crippen LogP contribution in [0.15, 0.2) is 47.4 Å². The van der Waals surface area contributed by atoms with E-state index < -0.39 is 6.04 Å². The fourth-order valence-electron chi connectivity index (χ4n) is 5.50. The van der Waals surface area contributed by atoms with Gasteiger partial charge in [0.05, 0.1) is 0 Å². The highest BCUT2D eigenvalue weighted by molar-refractivity contribution is 7.98. The molecule has 1 fully saturated rings. The van der Waals surface area contributed by atoms with Crippen LogP contribution < -0.4 is 5.32 Å². The van der Waals surface area contributed by atoms with E-state index in [9.17, 15) is 14.4 Å². The van der Waals surface area contributed by atoms with Crippen molar-refractivity contribution in [3.8, 4) is 0 Å². The predicted molar refractivity (Wildman–Crippen MR) is 140 cm³/mol. The molecule has 5 nitrogen and oxygen atoms in total. The molecule has 2 aromatic carbocycles. The van der Waals surface area contributed by atoms with Gasteiger partial charge in [-0.15, -0.1) is 11.8 Å². The molecule has 0 spiro atoms. The summed E-state index contributed by atoms with van der Waals surface area (Å²) in [5.74, 6) is 2.18. The summed E-state index contributed by atoms with van der Waals surface area (Å²) in [5, 5.41) is 2.37. The van der Waals surface area contributed by atoms with E-state index in [1.165, 1.54) is 17.5 Å². The molecule has 1 unspecified atom stereocenters. The number of imide groups is 1. The second-order valence-corrected chi connectivity index (χ2v) is 11.5. The lowest BCUT2D eigenvalue weighted by atomic mass is 9.81. The van der Waals surface area contributed by atoms with Crippen LogP contribution in [0.3, 0.4) is 0 Å². The smallest absolute Gasteiger partial charge is 0.255 e. The summed E-state index contributed by atoms with van der Waals surface area (Å²) < 4.78 is 0. The van der Waals surface area contributed by atoms with Crippen molar-refractivity contribution in [1.29, 1.82) is 0 Å². The maximum atomic E-state index is 13.1. The van der Waals surface area contributed by atoms with Crippen molar-refractivity contribution < 1.29 is 14.4 Å². The number of hydrogen-bond donors (Lipinski definition) is 1. The van der Waals surface area contributed by atoms with Gasteiger partial charge in [0.1, 0.15) is 6.04 Å². The minimum atomic E-state index is -0.581. The van der Waals surface area contributed by atoms with Gasteiger partial charge in [0, 0.05) is 29.2 Å². The van der Waals surface area contributed by atoms with Crippen molar-refractivity contribution in [2.45, 2.75) is 76.6 Å². The highest BCUT2D eigenvalue weighted by Crippen LogP contribution is 2.36. The zero-order valence-corrected chi connectivity index (χ0v) is 22.0. The third kappa shape index (κ3) is 5.80. The van der Waals surface area contributed by atoms with Crippen LogP contribution in [0.5, 0.6) is 0 Å². The molecule has 1 atom stereocenters. The Labute approximate surface area is 213 Å². The number of rotatable bonds is 9. The number of nitrogens with one attached hydrogen (secondary N) is 1. The van der Waals surface area contributed by atoms with Gasteiger partial charge in [-0.2, -0.15) is 0 Å². The highest BCUT2D eigenvalue weighted by Gasteiger charge is 2.39. The zero-order chi connectivity index (χ0) is 25.1. The number of benzene rings is 2. The molecule has 0 bridgehead atoms. The van der Waals surface area contributed by atoms with Crippen LogP contribution in [0.4, 0.5) is 0 Å². The third-order valence-corrected chi connectivity index (χ3v) is 8.57. The van der Waals surface area contributed by atoms with E-state index in [-0.39, 0.29) is 24.1 Å². The van der Waals surface area contributed by atoms with Gasteiger partial charge >= 0.3 is 0 Å². The molecular formula is C29H36N2O3S. The van der Waals surface area contributed by atoms with Crippen LogP contribution in [0, 0.1) is 17.8 Å². The first kappa shape index (κ1) is 25.5. The summed E-state index contributed by atoms with van der Waals surface area (Å²) >= 11 is 1.74. The maximum absolute atomic E-state index is 13.1. The number of nitrogens with zero attached hydrogens (tertiary/aromatic N) is 1. The quantitative estimate of drug-likeness (QED) is 0.365. The standard InChI is InChI=1S/C29H36N2O3S/c1-18(2)22(19(3)4)12-11-20-7-5-8-21(15-20)17-35-26-10-6-9-23-24(26)16-31(29(23)34)25-13-14-27(32)30-28(25)33/h5-10,15,18-19,22,25H,11-14,16-17H2,1-4H3,(H,30,32,33). The molecule has 0 radical (unpaired) electrons. The van der Waals surface area contributed by atoms with Crippen LogP contribution in [-0.2, 0) is 28.3 Å². The van der Waals surface area contributed by atoms with Gasteiger partial charge in [-0.3, -0.25) is 19.7 Å². The monoisotopic (exact) mass is 492 g/mol. The van der Waals surface area contributed by atoms with Crippen LogP contribution >= 0.6 is 11.8 Å². The number of fused-ring (bicyclic) bond motifs is 1. The van der Waals surface area contributed by atoms with Crippen LogP contribution in [0.25, 0.3) is 0 Å². The molecule has 0 aromatic heterocycles. The predicted octanol–water partition coefficient (Wildman–Crippen LogP) is 5.60. The van der Waals surface area contributed by atoms with Crippen molar-refractivity contribution in [2.24, 2.45) is 17.8 Å². The van der Waals surface area contributed by atoms with Gasteiger partial charge in [0.15, 0.2) is 0 Å². The van der Waals surface area contributed by atoms with E-state index in [2.05, 4.69) is 63.3 Å². The number of aryl methyl sites for hydroxylation is 1. The molecule has 6 heteroatoms. The average Bonchev–Trinajstić information content (AvgIpc) is 3.14. The summed E-state index contributed by atoms with van der Waals surface area (Å²) in [7, 11) is 0. The van der Waals surface area contributed by atoms with Gasteiger partial charge in [0.25, 0.3) is 5.91 Å². The topological polar surface area (TPSA) is 66.5 Å². The maximum Gasteiger partial charge on any atom is 0.255 e. The lowest BCUT2D eigenvalue weighted by Crippen LogP contribution is -2.52. The molecular weight excluding hydrogens is 456 g/mol. The van der Waals surface area contributed by atoms with Crippen molar-refractivity contribution in [1.82, 2.24) is 10.2 Å². The van der Waals surface area contributed by atoms with Gasteiger partial charge in [-0.25, -0.2) is 0 Å². The molecule has 2 heterocycles. The zero-order valence-electron chi connectivity index (χ0n) is 21.2. The molecule has 2 aliphatic rings. The Kier molecular flexibility index (Phi) is 8.00. The van der Waals surface area contributed by atoms with Crippen LogP contribution in [0.1, 0.15) is 74.0 Å². The summed E-state index contributed by atoms with van der Waals surface area (Å²) in [6.07, 6.45) is 2.95. The van der Waals surface area contributed by atoms with E-state index in [0.29, 0.717) is 30.4 Å². The fraction of sp³-hybridized carbons (Fsp3) is 0.483. The largest absolute Gasteiger partial charge is 0.322 e. The number of hydrogen-bond acceptors (Lipinski definition) is 4. The normalized spacial score (nSPS) is 18.1. The first-order chi connectivity index (χ1) is 16.7. The number of carbonyl (C=O) groups excluding carboxylic acids is 3. The lowest BCUT2D eigenvalue weighted by molar-refractivity contribution is -0.136. The minimum Gasteiger partial charge on any atom is -0.322 e. The van der Waals surface area contributed by atoms with E-state index in [1.54, 1.807) is 16.7 Å². The summed E-state index contributed by atoms with van der Waals surface area (Å²) in [4.78, 5) is 39.7. The highest BCUT2D eigenvalue weighted by atomic mass is 32.2. The summed E-state index contributed by atoms with van der Waals surface area (Å²) in [6, 6.07) is 14.1. The van der Waals surface area contributed by atoms with Crippen molar-refractivity contribution in [3.05, 3.63) is 64.7 Å². The fourth-order valence-corrected chi connectivity index (χ4v) is 6.52. The molecule has 1 N–H and O–H groups in total. The average molecular weight is 493 g/mol. The number of amides is 3. The third-order valence-electron chi connectivity index (χ3n) is 7.40.